The van der Waals surface area contributed by atoms with Crippen LogP contribution in [-0.4, -0.2) is 20.6 Å². The molecule has 0 bridgehead atoms. The minimum atomic E-state index is -1.36. The number of benzene rings is 1. The van der Waals surface area contributed by atoms with Crippen LogP contribution in [0.25, 0.3) is 0 Å². The van der Waals surface area contributed by atoms with Gasteiger partial charge in [-0.05, 0) is 30.4 Å². The van der Waals surface area contributed by atoms with E-state index < -0.39 is 8.07 Å². The van der Waals surface area contributed by atoms with Crippen molar-refractivity contribution in [1.82, 2.24) is 0 Å². The van der Waals surface area contributed by atoms with Gasteiger partial charge in [0.05, 0.1) is 14.0 Å². The fraction of sp³-hybridized carbons (Fsp3) is 0.294. The molecule has 0 spiro atoms. The summed E-state index contributed by atoms with van der Waals surface area (Å²) in [7, 11) is -1.36. The summed E-state index contributed by atoms with van der Waals surface area (Å²) in [4.78, 5) is 4.79. The molecule has 0 unspecified atom stereocenters. The molecule has 2 aliphatic rings. The van der Waals surface area contributed by atoms with E-state index in [4.69, 9.17) is 9.73 Å². The molecule has 0 N–H and O–H groups in total. The number of hydrogen-bond acceptors (Lipinski definition) is 2. The third-order valence-corrected chi connectivity index (χ3v) is 5.74. The van der Waals surface area contributed by atoms with Gasteiger partial charge >= 0.3 is 0 Å². The average Bonchev–Trinajstić information content (AvgIpc) is 3.08. The van der Waals surface area contributed by atoms with Crippen LogP contribution in [0.5, 0.6) is 0 Å². The van der Waals surface area contributed by atoms with Crippen LogP contribution in [-0.2, 0) is 4.74 Å². The summed E-state index contributed by atoms with van der Waals surface area (Å²) in [5.74, 6) is 2.02. The molecule has 3 rings (SSSR count). The summed E-state index contributed by atoms with van der Waals surface area (Å²) in [6.07, 6.45) is 6.48. The number of hydrogen-bond donors (Lipinski definition) is 0. The summed E-state index contributed by atoms with van der Waals surface area (Å²) in [5.41, 5.74) is 2.66. The largest absolute Gasteiger partial charge is 0.478 e. The lowest BCUT2D eigenvalue weighted by Gasteiger charge is -2.28. The SMILES string of the molecule is C[Si](C)(C)[C]1[CH][CH][CH][C]1C1=N[C@@H](c2ccccc2)CO1. The molecule has 1 atom stereocenters. The van der Waals surface area contributed by atoms with Crippen molar-refractivity contribution in [2.45, 2.75) is 25.7 Å². The highest BCUT2D eigenvalue weighted by Crippen LogP contribution is 2.42. The van der Waals surface area contributed by atoms with Gasteiger partial charge < -0.3 is 4.74 Å². The first kappa shape index (κ1) is 13.9. The molecule has 0 saturated heterocycles. The molecule has 0 amide bonds. The maximum atomic E-state index is 5.87. The Balaban J connectivity index is 1.78. The zero-order chi connectivity index (χ0) is 14.2. The van der Waals surface area contributed by atoms with Crippen molar-refractivity contribution < 1.29 is 4.74 Å². The van der Waals surface area contributed by atoms with Crippen molar-refractivity contribution in [3.05, 3.63) is 66.6 Å². The smallest absolute Gasteiger partial charge is 0.192 e. The van der Waals surface area contributed by atoms with E-state index in [1.54, 1.807) is 0 Å². The van der Waals surface area contributed by atoms with E-state index in [-0.39, 0.29) is 6.04 Å². The molecular weight excluding hydrogens is 262 g/mol. The van der Waals surface area contributed by atoms with Gasteiger partial charge in [-0.25, -0.2) is 4.99 Å². The molecule has 2 nitrogen and oxygen atoms in total. The molecule has 1 aliphatic carbocycles. The number of aliphatic imine (C=N–C) groups is 1. The van der Waals surface area contributed by atoms with Crippen LogP contribution >= 0.6 is 0 Å². The standard InChI is InChI=1S/C17H20NOSi/c1-20(2,3)16-11-7-10-14(16)17-18-15(12-19-17)13-8-5-4-6-9-13/h4-11,15H,12H2,1-3H3/t15-/m1/s1. The quantitative estimate of drug-likeness (QED) is 0.773. The molecule has 1 aromatic carbocycles. The Hall–Kier alpha value is -1.09. The van der Waals surface area contributed by atoms with Crippen molar-refractivity contribution in [3.8, 4) is 0 Å². The van der Waals surface area contributed by atoms with Crippen LogP contribution in [0.15, 0.2) is 35.3 Å². The number of nitrogens with zero attached hydrogens (tertiary/aromatic N) is 1. The van der Waals surface area contributed by atoms with Crippen molar-refractivity contribution in [3.63, 3.8) is 0 Å². The van der Waals surface area contributed by atoms with E-state index in [1.165, 1.54) is 17.0 Å². The Morgan fingerprint density at radius 1 is 1.10 bits per heavy atom. The molecule has 1 heterocycles. The molecule has 103 valence electrons. The van der Waals surface area contributed by atoms with E-state index in [0.717, 1.165) is 5.90 Å². The van der Waals surface area contributed by atoms with Crippen LogP contribution in [0.1, 0.15) is 11.6 Å². The zero-order valence-corrected chi connectivity index (χ0v) is 13.3. The van der Waals surface area contributed by atoms with Crippen LogP contribution in [0.2, 0.25) is 19.6 Å². The summed E-state index contributed by atoms with van der Waals surface area (Å²) in [6.45, 7) is 7.72. The van der Waals surface area contributed by atoms with Gasteiger partial charge in [0.1, 0.15) is 12.6 Å². The van der Waals surface area contributed by atoms with Gasteiger partial charge in [0.2, 0.25) is 0 Å². The lowest BCUT2D eigenvalue weighted by atomic mass is 10.1. The third kappa shape index (κ3) is 2.69. The van der Waals surface area contributed by atoms with Gasteiger partial charge in [-0.1, -0.05) is 50.0 Å². The van der Waals surface area contributed by atoms with Gasteiger partial charge in [-0.3, -0.25) is 0 Å². The second-order valence-corrected chi connectivity index (χ2v) is 11.3. The Bertz CT molecular complexity index is 491. The highest BCUT2D eigenvalue weighted by molar-refractivity contribution is 6.83. The second kappa shape index (κ2) is 5.36. The second-order valence-electron chi connectivity index (χ2n) is 6.27. The Morgan fingerprint density at radius 3 is 2.55 bits per heavy atom. The van der Waals surface area contributed by atoms with Crippen LogP contribution in [0, 0.1) is 30.7 Å². The van der Waals surface area contributed by atoms with Crippen LogP contribution < -0.4 is 0 Å². The lowest BCUT2D eigenvalue weighted by Crippen LogP contribution is -2.35. The van der Waals surface area contributed by atoms with Crippen LogP contribution in [0.3, 0.4) is 0 Å². The average molecular weight is 282 g/mol. The highest BCUT2D eigenvalue weighted by Gasteiger charge is 2.43. The van der Waals surface area contributed by atoms with E-state index in [0.29, 0.717) is 6.61 Å². The molecule has 0 aromatic heterocycles. The third-order valence-electron chi connectivity index (χ3n) is 3.69. The van der Waals surface area contributed by atoms with Crippen molar-refractivity contribution >= 4 is 14.0 Å². The van der Waals surface area contributed by atoms with E-state index >= 15 is 0 Å². The number of ether oxygens (including phenoxy) is 1. The molecule has 1 aliphatic heterocycles. The Kier molecular flexibility index (Phi) is 3.72. The summed E-state index contributed by atoms with van der Waals surface area (Å²) in [5, 5.41) is 0. The minimum absolute atomic E-state index is 0.135. The van der Waals surface area contributed by atoms with Crippen molar-refractivity contribution in [2.24, 2.45) is 4.99 Å². The lowest BCUT2D eigenvalue weighted by molar-refractivity contribution is 0.316. The summed E-state index contributed by atoms with van der Waals surface area (Å²) in [6, 6.07) is 10.5. The number of rotatable bonds is 3. The Morgan fingerprint density at radius 2 is 1.85 bits per heavy atom. The predicted molar refractivity (Wildman–Crippen MR) is 85.3 cm³/mol. The first-order valence-electron chi connectivity index (χ1n) is 7.08. The zero-order valence-electron chi connectivity index (χ0n) is 12.3. The molecule has 3 heteroatoms. The fourth-order valence-electron chi connectivity index (χ4n) is 2.63. The van der Waals surface area contributed by atoms with Crippen molar-refractivity contribution in [2.75, 3.05) is 6.61 Å². The van der Waals surface area contributed by atoms with Crippen molar-refractivity contribution in [1.29, 1.82) is 0 Å². The maximum absolute atomic E-state index is 5.87. The van der Waals surface area contributed by atoms with Gasteiger partial charge in [-0.15, -0.1) is 0 Å². The first-order chi connectivity index (χ1) is 9.55. The topological polar surface area (TPSA) is 21.6 Å². The normalized spacial score (nSPS) is 24.8. The molecular formula is C17H20NOSi. The molecule has 1 aromatic rings. The van der Waals surface area contributed by atoms with Crippen LogP contribution in [0.4, 0.5) is 0 Å². The van der Waals surface area contributed by atoms with Gasteiger partial charge in [0.25, 0.3) is 0 Å². The first-order valence-corrected chi connectivity index (χ1v) is 10.6. The van der Waals surface area contributed by atoms with E-state index in [1.807, 2.05) is 6.07 Å². The minimum Gasteiger partial charge on any atom is -0.478 e. The van der Waals surface area contributed by atoms with E-state index in [2.05, 4.69) is 63.2 Å². The highest BCUT2D eigenvalue weighted by atomic mass is 28.3. The van der Waals surface area contributed by atoms with Gasteiger partial charge in [0, 0.05) is 0 Å². The molecule has 1 fully saturated rings. The fourth-order valence-corrected chi connectivity index (χ4v) is 4.22. The van der Waals surface area contributed by atoms with E-state index in [9.17, 15) is 0 Å². The summed E-state index contributed by atoms with van der Waals surface area (Å²) >= 11 is 0. The Labute approximate surface area is 123 Å². The molecule has 20 heavy (non-hydrogen) atoms. The van der Waals surface area contributed by atoms with Gasteiger partial charge in [0.15, 0.2) is 5.90 Å². The predicted octanol–water partition coefficient (Wildman–Crippen LogP) is 3.81. The summed E-state index contributed by atoms with van der Waals surface area (Å²) < 4.78 is 5.87. The van der Waals surface area contributed by atoms with Gasteiger partial charge in [-0.2, -0.15) is 0 Å². The monoisotopic (exact) mass is 282 g/mol. The maximum Gasteiger partial charge on any atom is 0.192 e. The molecule has 5 radical (unpaired) electrons. The molecule has 1 saturated carbocycles.